The molecule has 5 heteroatoms. The Labute approximate surface area is 144 Å². The first-order valence-electron chi connectivity index (χ1n) is 7.95. The van der Waals surface area contributed by atoms with Crippen molar-refractivity contribution in [2.75, 3.05) is 7.11 Å². The Morgan fingerprint density at radius 1 is 1.08 bits per heavy atom. The molecular weight excluding hydrogens is 317 g/mol. The van der Waals surface area contributed by atoms with Gasteiger partial charge in [0.1, 0.15) is 22.9 Å². The maximum Gasteiger partial charge on any atom is 0.157 e. The number of nitrogens with zero attached hydrogens (tertiary/aromatic N) is 2. The van der Waals surface area contributed by atoms with Gasteiger partial charge >= 0.3 is 0 Å². The van der Waals surface area contributed by atoms with Gasteiger partial charge in [-0.15, -0.1) is 0 Å². The van der Waals surface area contributed by atoms with Gasteiger partial charge in [0.05, 0.1) is 7.11 Å². The summed E-state index contributed by atoms with van der Waals surface area (Å²) in [5.41, 5.74) is 3.74. The highest BCUT2D eigenvalue weighted by atomic mass is 19.1. The summed E-state index contributed by atoms with van der Waals surface area (Å²) in [5.74, 6) is 1.35. The highest BCUT2D eigenvalue weighted by Gasteiger charge is 2.09. The van der Waals surface area contributed by atoms with Crippen molar-refractivity contribution < 1.29 is 9.13 Å². The summed E-state index contributed by atoms with van der Waals surface area (Å²) in [4.78, 5) is 12.2. The molecule has 4 nitrogen and oxygen atoms in total. The first-order valence-corrected chi connectivity index (χ1v) is 7.95. The molecule has 0 aliphatic carbocycles. The van der Waals surface area contributed by atoms with E-state index in [1.54, 1.807) is 31.5 Å². The zero-order valence-electron chi connectivity index (χ0n) is 13.7. The molecule has 25 heavy (non-hydrogen) atoms. The summed E-state index contributed by atoms with van der Waals surface area (Å²) in [6.45, 7) is 0. The van der Waals surface area contributed by atoms with Gasteiger partial charge in [-0.2, -0.15) is 0 Å². The first kappa shape index (κ1) is 15.3. The number of H-pyrrole nitrogens is 1. The molecule has 0 atom stereocenters. The van der Waals surface area contributed by atoms with Crippen LogP contribution in [0.3, 0.4) is 0 Å². The molecule has 0 aliphatic heterocycles. The first-order chi connectivity index (χ1) is 12.2. The van der Waals surface area contributed by atoms with Crippen molar-refractivity contribution in [2.24, 2.45) is 0 Å². The number of pyridine rings is 1. The zero-order chi connectivity index (χ0) is 17.2. The van der Waals surface area contributed by atoms with Gasteiger partial charge in [-0.25, -0.2) is 14.4 Å². The van der Waals surface area contributed by atoms with Crippen molar-refractivity contribution in [3.8, 4) is 16.9 Å². The largest absolute Gasteiger partial charge is 0.497 e. The maximum atomic E-state index is 14.0. The Bertz CT molecular complexity index is 1040. The second-order valence-electron chi connectivity index (χ2n) is 5.78. The zero-order valence-corrected chi connectivity index (χ0v) is 13.7. The van der Waals surface area contributed by atoms with Gasteiger partial charge < -0.3 is 9.72 Å². The Balaban J connectivity index is 1.67. The van der Waals surface area contributed by atoms with Gasteiger partial charge in [-0.3, -0.25) is 0 Å². The molecule has 1 N–H and O–H groups in total. The van der Waals surface area contributed by atoms with Gasteiger partial charge in [0.15, 0.2) is 5.65 Å². The Morgan fingerprint density at radius 3 is 2.80 bits per heavy atom. The average Bonchev–Trinajstić information content (AvgIpc) is 3.03. The number of hydrogen-bond acceptors (Lipinski definition) is 3. The van der Waals surface area contributed by atoms with E-state index in [0.717, 1.165) is 22.7 Å². The number of hydrogen-bond donors (Lipinski definition) is 1. The topological polar surface area (TPSA) is 50.8 Å². The van der Waals surface area contributed by atoms with Crippen LogP contribution in [0.1, 0.15) is 11.4 Å². The second-order valence-corrected chi connectivity index (χ2v) is 5.78. The summed E-state index contributed by atoms with van der Waals surface area (Å²) in [5, 5.41) is 0. The van der Waals surface area contributed by atoms with Crippen molar-refractivity contribution in [3.05, 3.63) is 78.0 Å². The van der Waals surface area contributed by atoms with Crippen LogP contribution in [-0.2, 0) is 6.42 Å². The molecule has 0 saturated carbocycles. The number of imidazole rings is 1. The normalized spacial score (nSPS) is 11.0. The van der Waals surface area contributed by atoms with Crippen LogP contribution in [0, 0.1) is 5.82 Å². The van der Waals surface area contributed by atoms with Crippen LogP contribution in [0.5, 0.6) is 5.75 Å². The number of aromatic nitrogens is 3. The van der Waals surface area contributed by atoms with E-state index >= 15 is 0 Å². The lowest BCUT2D eigenvalue weighted by atomic mass is 10.1. The Morgan fingerprint density at radius 2 is 1.96 bits per heavy atom. The molecule has 124 valence electrons. The molecular formula is C20H16FN3O. The predicted octanol–water partition coefficient (Wildman–Crippen LogP) is 4.36. The molecule has 0 fully saturated rings. The number of ether oxygens (including phenoxy) is 1. The standard InChI is InChI=1S/C20H16FN3O/c1-25-15-6-4-5-13(9-15)10-19-23-18-11-14(12-22-20(18)24-19)16-7-2-3-8-17(16)21/h2-9,11-12H,10H2,1H3,(H,22,23,24). The molecule has 0 amide bonds. The highest BCUT2D eigenvalue weighted by Crippen LogP contribution is 2.24. The van der Waals surface area contributed by atoms with E-state index in [9.17, 15) is 4.39 Å². The highest BCUT2D eigenvalue weighted by molar-refractivity contribution is 5.78. The van der Waals surface area contributed by atoms with Gasteiger partial charge in [0, 0.05) is 23.7 Å². The quantitative estimate of drug-likeness (QED) is 0.603. The van der Waals surface area contributed by atoms with Gasteiger partial charge in [0.2, 0.25) is 0 Å². The number of rotatable bonds is 4. The molecule has 4 aromatic rings. The number of nitrogens with one attached hydrogen (secondary N) is 1. The summed E-state index contributed by atoms with van der Waals surface area (Å²) in [6.07, 6.45) is 2.30. The molecule has 0 bridgehead atoms. The van der Waals surface area contributed by atoms with E-state index in [4.69, 9.17) is 4.74 Å². The third kappa shape index (κ3) is 3.08. The van der Waals surface area contributed by atoms with Gasteiger partial charge in [-0.1, -0.05) is 30.3 Å². The molecule has 2 aromatic carbocycles. The fourth-order valence-corrected chi connectivity index (χ4v) is 2.85. The number of methoxy groups -OCH3 is 1. The third-order valence-corrected chi connectivity index (χ3v) is 4.08. The fourth-order valence-electron chi connectivity index (χ4n) is 2.85. The smallest absolute Gasteiger partial charge is 0.157 e. The Kier molecular flexibility index (Phi) is 3.90. The van der Waals surface area contributed by atoms with Crippen LogP contribution in [0.4, 0.5) is 4.39 Å². The lowest BCUT2D eigenvalue weighted by molar-refractivity contribution is 0.414. The Hall–Kier alpha value is -3.21. The molecule has 2 aromatic heterocycles. The minimum Gasteiger partial charge on any atom is -0.497 e. The molecule has 0 unspecified atom stereocenters. The van der Waals surface area contributed by atoms with Crippen LogP contribution in [0.2, 0.25) is 0 Å². The van der Waals surface area contributed by atoms with Crippen LogP contribution in [0.25, 0.3) is 22.3 Å². The third-order valence-electron chi connectivity index (χ3n) is 4.08. The maximum absolute atomic E-state index is 14.0. The van der Waals surface area contributed by atoms with Crippen molar-refractivity contribution in [1.82, 2.24) is 15.0 Å². The minimum atomic E-state index is -0.268. The predicted molar refractivity (Wildman–Crippen MR) is 95.1 cm³/mol. The van der Waals surface area contributed by atoms with Crippen molar-refractivity contribution in [1.29, 1.82) is 0 Å². The van der Waals surface area contributed by atoms with Crippen molar-refractivity contribution in [3.63, 3.8) is 0 Å². The van der Waals surface area contributed by atoms with Crippen molar-refractivity contribution in [2.45, 2.75) is 6.42 Å². The molecule has 0 spiro atoms. The van der Waals surface area contributed by atoms with Gasteiger partial charge in [-0.05, 0) is 29.8 Å². The number of benzene rings is 2. The van der Waals surface area contributed by atoms with E-state index in [-0.39, 0.29) is 5.82 Å². The van der Waals surface area contributed by atoms with E-state index in [1.807, 2.05) is 30.3 Å². The molecule has 0 aliphatic rings. The van der Waals surface area contributed by atoms with Gasteiger partial charge in [0.25, 0.3) is 0 Å². The molecule has 0 saturated heterocycles. The molecule has 0 radical (unpaired) electrons. The number of fused-ring (bicyclic) bond motifs is 1. The van der Waals surface area contributed by atoms with Crippen LogP contribution in [0.15, 0.2) is 60.8 Å². The average molecular weight is 333 g/mol. The van der Waals surface area contributed by atoms with E-state index < -0.39 is 0 Å². The van der Waals surface area contributed by atoms with E-state index in [1.165, 1.54) is 6.07 Å². The molecule has 2 heterocycles. The fraction of sp³-hybridized carbons (Fsp3) is 0.100. The lowest BCUT2D eigenvalue weighted by Gasteiger charge is -2.02. The van der Waals surface area contributed by atoms with Crippen molar-refractivity contribution >= 4 is 11.2 Å². The SMILES string of the molecule is COc1cccc(Cc2nc3cc(-c4ccccc4F)cnc3[nH]2)c1. The number of halogens is 1. The van der Waals surface area contributed by atoms with Crippen LogP contribution in [-0.4, -0.2) is 22.1 Å². The minimum absolute atomic E-state index is 0.268. The lowest BCUT2D eigenvalue weighted by Crippen LogP contribution is -1.91. The molecule has 4 rings (SSSR count). The summed E-state index contributed by atoms with van der Waals surface area (Å²) in [6, 6.07) is 16.4. The monoisotopic (exact) mass is 333 g/mol. The summed E-state index contributed by atoms with van der Waals surface area (Å²) >= 11 is 0. The van der Waals surface area contributed by atoms with E-state index in [0.29, 0.717) is 23.2 Å². The summed E-state index contributed by atoms with van der Waals surface area (Å²) < 4.78 is 19.2. The summed E-state index contributed by atoms with van der Waals surface area (Å²) in [7, 11) is 1.65. The number of aromatic amines is 1. The van der Waals surface area contributed by atoms with Crippen LogP contribution >= 0.6 is 0 Å². The van der Waals surface area contributed by atoms with Crippen LogP contribution < -0.4 is 4.74 Å². The van der Waals surface area contributed by atoms with E-state index in [2.05, 4.69) is 15.0 Å². The second kappa shape index (κ2) is 6.36.